The molecule has 1 saturated carbocycles. The molecule has 2 rings (SSSR count). The summed E-state index contributed by atoms with van der Waals surface area (Å²) in [6, 6.07) is 9.34. The second-order valence-electron chi connectivity index (χ2n) is 5.76. The van der Waals surface area contributed by atoms with Gasteiger partial charge in [-0.1, -0.05) is 37.6 Å². The van der Waals surface area contributed by atoms with Crippen molar-refractivity contribution in [1.29, 1.82) is 0 Å². The highest BCUT2D eigenvalue weighted by Crippen LogP contribution is 2.39. The molecule has 1 unspecified atom stereocenters. The predicted octanol–water partition coefficient (Wildman–Crippen LogP) is 3.66. The van der Waals surface area contributed by atoms with Crippen LogP contribution in [0.4, 0.5) is 0 Å². The third-order valence-electron chi connectivity index (χ3n) is 4.35. The second kappa shape index (κ2) is 9.19. The molecule has 1 aromatic carbocycles. The molecule has 118 valence electrons. The van der Waals surface area contributed by atoms with Gasteiger partial charge < -0.3 is 14.8 Å². The van der Waals surface area contributed by atoms with E-state index < -0.39 is 0 Å². The van der Waals surface area contributed by atoms with Crippen LogP contribution in [0.2, 0.25) is 0 Å². The molecule has 1 aliphatic rings. The van der Waals surface area contributed by atoms with Gasteiger partial charge in [-0.25, -0.2) is 0 Å². The number of ether oxygens (including phenoxy) is 2. The summed E-state index contributed by atoms with van der Waals surface area (Å²) in [7, 11) is 1.71. The molecule has 0 amide bonds. The third kappa shape index (κ3) is 4.80. The lowest BCUT2D eigenvalue weighted by Gasteiger charge is -2.31. The first kappa shape index (κ1) is 16.5. The average Bonchev–Trinajstić information content (AvgIpc) is 2.45. The summed E-state index contributed by atoms with van der Waals surface area (Å²) in [4.78, 5) is 0. The Balaban J connectivity index is 1.96. The van der Waals surface area contributed by atoms with Crippen molar-refractivity contribution in [3.63, 3.8) is 0 Å². The minimum atomic E-state index is 0.398. The van der Waals surface area contributed by atoms with Gasteiger partial charge in [0.1, 0.15) is 0 Å². The second-order valence-corrected chi connectivity index (χ2v) is 5.76. The van der Waals surface area contributed by atoms with Crippen LogP contribution in [-0.4, -0.2) is 33.5 Å². The minimum Gasteiger partial charge on any atom is -0.382 e. The van der Waals surface area contributed by atoms with Crippen molar-refractivity contribution >= 4 is 0 Å². The molecule has 0 saturated heterocycles. The first-order chi connectivity index (χ1) is 10.4. The first-order valence-corrected chi connectivity index (χ1v) is 8.25. The molecule has 1 fully saturated rings. The van der Waals surface area contributed by atoms with Crippen LogP contribution in [0.25, 0.3) is 0 Å². The Morgan fingerprint density at radius 3 is 2.67 bits per heavy atom. The molecule has 0 spiro atoms. The lowest BCUT2D eigenvalue weighted by Crippen LogP contribution is -2.25. The van der Waals surface area contributed by atoms with Crippen molar-refractivity contribution in [2.45, 2.75) is 44.6 Å². The van der Waals surface area contributed by atoms with Gasteiger partial charge in [-0.15, -0.1) is 0 Å². The van der Waals surface area contributed by atoms with E-state index in [1.165, 1.54) is 24.8 Å². The van der Waals surface area contributed by atoms with Crippen LogP contribution in [0.5, 0.6) is 0 Å². The molecule has 0 aromatic heterocycles. The highest BCUT2D eigenvalue weighted by molar-refractivity contribution is 5.34. The zero-order valence-corrected chi connectivity index (χ0v) is 13.4. The average molecular weight is 291 g/mol. The van der Waals surface area contributed by atoms with Gasteiger partial charge in [0.25, 0.3) is 0 Å². The van der Waals surface area contributed by atoms with Crippen LogP contribution in [0.3, 0.4) is 0 Å². The Kier molecular flexibility index (Phi) is 7.20. The summed E-state index contributed by atoms with van der Waals surface area (Å²) in [5.41, 5.74) is 3.02. The van der Waals surface area contributed by atoms with Gasteiger partial charge in [0.15, 0.2) is 0 Å². The number of nitrogens with one attached hydrogen (secondary N) is 1. The van der Waals surface area contributed by atoms with Gasteiger partial charge >= 0.3 is 0 Å². The molecule has 21 heavy (non-hydrogen) atoms. The predicted molar refractivity (Wildman–Crippen MR) is 86.8 cm³/mol. The Hall–Kier alpha value is -0.900. The summed E-state index contributed by atoms with van der Waals surface area (Å²) in [6.45, 7) is 5.29. The number of hydrogen-bond donors (Lipinski definition) is 1. The van der Waals surface area contributed by atoms with E-state index in [1.54, 1.807) is 12.7 Å². The molecule has 1 atom stereocenters. The smallest absolute Gasteiger partial charge is 0.0700 e. The van der Waals surface area contributed by atoms with Crippen molar-refractivity contribution in [2.24, 2.45) is 0 Å². The van der Waals surface area contributed by atoms with Gasteiger partial charge in [-0.3, -0.25) is 0 Å². The summed E-state index contributed by atoms with van der Waals surface area (Å²) in [5.74, 6) is 0.775. The van der Waals surface area contributed by atoms with Crippen molar-refractivity contribution in [3.05, 3.63) is 35.4 Å². The molecule has 0 aliphatic heterocycles. The zero-order valence-electron chi connectivity index (χ0n) is 13.4. The Bertz CT molecular complexity index is 404. The fraction of sp³-hybridized carbons (Fsp3) is 0.667. The quantitative estimate of drug-likeness (QED) is 0.667. The fourth-order valence-electron chi connectivity index (χ4n) is 2.98. The van der Waals surface area contributed by atoms with E-state index in [9.17, 15) is 0 Å². The van der Waals surface area contributed by atoms with E-state index in [2.05, 4.69) is 36.5 Å². The molecule has 1 aliphatic carbocycles. The zero-order chi connectivity index (χ0) is 14.9. The van der Waals surface area contributed by atoms with Crippen LogP contribution < -0.4 is 5.32 Å². The van der Waals surface area contributed by atoms with E-state index in [0.717, 1.165) is 25.5 Å². The molecule has 3 heteroatoms. The van der Waals surface area contributed by atoms with Gasteiger partial charge in [-0.05, 0) is 42.9 Å². The number of rotatable bonds is 10. The standard InChI is InChI=1S/C18H29NO2/c1-3-19-18(11-12-21-14-13-20-2)17-10-5-4-9-16(17)15-7-6-8-15/h4-5,9-10,15,18-19H,3,6-8,11-14H2,1-2H3. The van der Waals surface area contributed by atoms with Gasteiger partial charge in [0.2, 0.25) is 0 Å². The lowest BCUT2D eigenvalue weighted by molar-refractivity contribution is 0.0658. The molecule has 0 heterocycles. The van der Waals surface area contributed by atoms with E-state index >= 15 is 0 Å². The number of methoxy groups -OCH3 is 1. The van der Waals surface area contributed by atoms with Gasteiger partial charge in [0.05, 0.1) is 13.2 Å². The number of hydrogen-bond acceptors (Lipinski definition) is 3. The van der Waals surface area contributed by atoms with E-state index in [4.69, 9.17) is 9.47 Å². The van der Waals surface area contributed by atoms with E-state index in [0.29, 0.717) is 19.3 Å². The first-order valence-electron chi connectivity index (χ1n) is 8.25. The van der Waals surface area contributed by atoms with Crippen LogP contribution in [0.15, 0.2) is 24.3 Å². The third-order valence-corrected chi connectivity index (χ3v) is 4.35. The molecular weight excluding hydrogens is 262 g/mol. The van der Waals surface area contributed by atoms with Crippen LogP contribution in [0.1, 0.15) is 55.7 Å². The molecular formula is C18H29NO2. The molecule has 0 bridgehead atoms. The SMILES string of the molecule is CCNC(CCOCCOC)c1ccccc1C1CCC1. The van der Waals surface area contributed by atoms with Crippen LogP contribution in [0, 0.1) is 0 Å². The van der Waals surface area contributed by atoms with Crippen LogP contribution in [-0.2, 0) is 9.47 Å². The van der Waals surface area contributed by atoms with Crippen molar-refractivity contribution in [2.75, 3.05) is 33.5 Å². The summed E-state index contributed by atoms with van der Waals surface area (Å²) in [5, 5.41) is 3.62. The van der Waals surface area contributed by atoms with Gasteiger partial charge in [-0.2, -0.15) is 0 Å². The Labute approximate surface area is 129 Å². The monoisotopic (exact) mass is 291 g/mol. The molecule has 3 nitrogen and oxygen atoms in total. The Morgan fingerprint density at radius 2 is 2.00 bits per heavy atom. The summed E-state index contributed by atoms with van der Waals surface area (Å²) in [6.07, 6.45) is 5.09. The topological polar surface area (TPSA) is 30.5 Å². The van der Waals surface area contributed by atoms with E-state index in [-0.39, 0.29) is 0 Å². The van der Waals surface area contributed by atoms with Crippen molar-refractivity contribution in [3.8, 4) is 0 Å². The maximum absolute atomic E-state index is 5.65. The van der Waals surface area contributed by atoms with Crippen molar-refractivity contribution in [1.82, 2.24) is 5.32 Å². The highest BCUT2D eigenvalue weighted by atomic mass is 16.5. The summed E-state index contributed by atoms with van der Waals surface area (Å²) >= 11 is 0. The lowest BCUT2D eigenvalue weighted by atomic mass is 9.77. The van der Waals surface area contributed by atoms with E-state index in [1.807, 2.05) is 0 Å². The van der Waals surface area contributed by atoms with Gasteiger partial charge in [0, 0.05) is 19.8 Å². The normalized spacial score (nSPS) is 16.7. The summed E-state index contributed by atoms with van der Waals surface area (Å²) < 4.78 is 10.7. The molecule has 1 N–H and O–H groups in total. The minimum absolute atomic E-state index is 0.398. The largest absolute Gasteiger partial charge is 0.382 e. The molecule has 1 aromatic rings. The maximum Gasteiger partial charge on any atom is 0.0700 e. The Morgan fingerprint density at radius 1 is 1.19 bits per heavy atom. The fourth-order valence-corrected chi connectivity index (χ4v) is 2.98. The van der Waals surface area contributed by atoms with Crippen LogP contribution >= 0.6 is 0 Å². The maximum atomic E-state index is 5.65. The molecule has 0 radical (unpaired) electrons. The number of benzene rings is 1. The van der Waals surface area contributed by atoms with Crippen molar-refractivity contribution < 1.29 is 9.47 Å². The highest BCUT2D eigenvalue weighted by Gasteiger charge is 2.24.